The summed E-state index contributed by atoms with van der Waals surface area (Å²) in [5.41, 5.74) is 3.19. The second kappa shape index (κ2) is 5.13. The SMILES string of the molecule is COc1ccc(N=C2C=CC(=O)c3ccccc32)cc1. The average molecular weight is 263 g/mol. The molecule has 0 heterocycles. The van der Waals surface area contributed by atoms with Crippen molar-refractivity contribution in [1.82, 2.24) is 0 Å². The zero-order valence-electron chi connectivity index (χ0n) is 11.0. The summed E-state index contributed by atoms with van der Waals surface area (Å²) in [5.74, 6) is 0.818. The highest BCUT2D eigenvalue weighted by Crippen LogP contribution is 2.22. The zero-order chi connectivity index (χ0) is 13.9. The van der Waals surface area contributed by atoms with Crippen LogP contribution in [-0.4, -0.2) is 18.6 Å². The van der Waals surface area contributed by atoms with Gasteiger partial charge >= 0.3 is 0 Å². The number of carbonyl (C=O) groups is 1. The molecule has 98 valence electrons. The normalized spacial score (nSPS) is 15.2. The van der Waals surface area contributed by atoms with E-state index in [0.717, 1.165) is 22.7 Å². The fourth-order valence-electron chi connectivity index (χ4n) is 2.15. The van der Waals surface area contributed by atoms with Gasteiger partial charge in [-0.05, 0) is 36.4 Å². The number of benzene rings is 2. The van der Waals surface area contributed by atoms with Crippen molar-refractivity contribution in [2.45, 2.75) is 0 Å². The smallest absolute Gasteiger partial charge is 0.186 e. The Balaban J connectivity index is 2.03. The van der Waals surface area contributed by atoms with Crippen molar-refractivity contribution in [3.05, 3.63) is 71.8 Å². The van der Waals surface area contributed by atoms with Gasteiger partial charge in [-0.3, -0.25) is 4.79 Å². The Labute approximate surface area is 117 Å². The Bertz CT molecular complexity index is 712. The van der Waals surface area contributed by atoms with Gasteiger partial charge in [-0.1, -0.05) is 24.3 Å². The number of hydrogen-bond donors (Lipinski definition) is 0. The lowest BCUT2D eigenvalue weighted by atomic mass is 9.94. The zero-order valence-corrected chi connectivity index (χ0v) is 11.0. The highest BCUT2D eigenvalue weighted by molar-refractivity contribution is 6.24. The van der Waals surface area contributed by atoms with Gasteiger partial charge < -0.3 is 4.74 Å². The second-order valence-electron chi connectivity index (χ2n) is 4.44. The molecule has 3 nitrogen and oxygen atoms in total. The van der Waals surface area contributed by atoms with Crippen LogP contribution in [0.1, 0.15) is 15.9 Å². The predicted octanol–water partition coefficient (Wildman–Crippen LogP) is 3.57. The van der Waals surface area contributed by atoms with Gasteiger partial charge in [0.2, 0.25) is 0 Å². The third kappa shape index (κ3) is 2.26. The van der Waals surface area contributed by atoms with Crippen molar-refractivity contribution >= 4 is 17.2 Å². The van der Waals surface area contributed by atoms with E-state index in [9.17, 15) is 4.79 Å². The van der Waals surface area contributed by atoms with E-state index in [0.29, 0.717) is 5.56 Å². The molecule has 0 aromatic heterocycles. The number of allylic oxidation sites excluding steroid dienone is 2. The van der Waals surface area contributed by atoms with Crippen LogP contribution in [-0.2, 0) is 0 Å². The molecule has 20 heavy (non-hydrogen) atoms. The highest BCUT2D eigenvalue weighted by Gasteiger charge is 2.16. The van der Waals surface area contributed by atoms with E-state index in [4.69, 9.17) is 4.74 Å². The second-order valence-corrected chi connectivity index (χ2v) is 4.44. The van der Waals surface area contributed by atoms with Crippen LogP contribution in [0.15, 0.2) is 65.7 Å². The molecule has 0 amide bonds. The molecule has 1 aliphatic rings. The van der Waals surface area contributed by atoms with E-state index in [1.165, 1.54) is 0 Å². The molecule has 0 atom stereocenters. The largest absolute Gasteiger partial charge is 0.497 e. The van der Waals surface area contributed by atoms with Crippen LogP contribution >= 0.6 is 0 Å². The third-order valence-electron chi connectivity index (χ3n) is 3.18. The van der Waals surface area contributed by atoms with Crippen LogP contribution in [0.2, 0.25) is 0 Å². The molecule has 3 rings (SSSR count). The summed E-state index contributed by atoms with van der Waals surface area (Å²) in [5, 5.41) is 0. The summed E-state index contributed by atoms with van der Waals surface area (Å²) < 4.78 is 5.12. The number of hydrogen-bond acceptors (Lipinski definition) is 3. The topological polar surface area (TPSA) is 38.7 Å². The van der Waals surface area contributed by atoms with Gasteiger partial charge in [-0.2, -0.15) is 0 Å². The Morgan fingerprint density at radius 3 is 2.30 bits per heavy atom. The summed E-state index contributed by atoms with van der Waals surface area (Å²) in [7, 11) is 1.63. The van der Waals surface area contributed by atoms with E-state index in [1.807, 2.05) is 48.5 Å². The van der Waals surface area contributed by atoms with Crippen LogP contribution in [0, 0.1) is 0 Å². The van der Waals surface area contributed by atoms with Crippen LogP contribution in [0.5, 0.6) is 5.75 Å². The van der Waals surface area contributed by atoms with E-state index in [1.54, 1.807) is 19.3 Å². The summed E-state index contributed by atoms with van der Waals surface area (Å²) in [6.07, 6.45) is 3.32. The molecule has 0 unspecified atom stereocenters. The monoisotopic (exact) mass is 263 g/mol. The fraction of sp³-hybridized carbons (Fsp3) is 0.0588. The number of nitrogens with zero attached hydrogens (tertiary/aromatic N) is 1. The van der Waals surface area contributed by atoms with Gasteiger partial charge in [0.05, 0.1) is 18.5 Å². The Hall–Kier alpha value is -2.68. The molecular formula is C17H13NO2. The highest BCUT2D eigenvalue weighted by atomic mass is 16.5. The lowest BCUT2D eigenvalue weighted by molar-refractivity contribution is 0.104. The van der Waals surface area contributed by atoms with Crippen molar-refractivity contribution in [3.63, 3.8) is 0 Å². The van der Waals surface area contributed by atoms with Crippen molar-refractivity contribution < 1.29 is 9.53 Å². The first-order chi connectivity index (χ1) is 9.78. The molecule has 0 aliphatic heterocycles. The number of ether oxygens (including phenoxy) is 1. The molecule has 0 spiro atoms. The molecule has 1 aliphatic carbocycles. The molecule has 0 bridgehead atoms. The van der Waals surface area contributed by atoms with Gasteiger partial charge in [0, 0.05) is 11.1 Å². The quantitative estimate of drug-likeness (QED) is 0.830. The Morgan fingerprint density at radius 2 is 1.60 bits per heavy atom. The minimum absolute atomic E-state index is 0.0225. The first-order valence-electron chi connectivity index (χ1n) is 6.32. The van der Waals surface area contributed by atoms with Gasteiger partial charge in [-0.15, -0.1) is 0 Å². The number of methoxy groups -OCH3 is 1. The summed E-state index contributed by atoms with van der Waals surface area (Å²) in [6.45, 7) is 0. The number of aliphatic imine (C=N–C) groups is 1. The van der Waals surface area contributed by atoms with Crippen LogP contribution in [0.25, 0.3) is 0 Å². The van der Waals surface area contributed by atoms with Gasteiger partial charge in [-0.25, -0.2) is 4.99 Å². The fourth-order valence-corrected chi connectivity index (χ4v) is 2.15. The van der Waals surface area contributed by atoms with Crippen LogP contribution in [0.3, 0.4) is 0 Å². The molecule has 0 N–H and O–H groups in total. The summed E-state index contributed by atoms with van der Waals surface area (Å²) in [6, 6.07) is 15.0. The molecular weight excluding hydrogens is 250 g/mol. The summed E-state index contributed by atoms with van der Waals surface area (Å²) in [4.78, 5) is 16.4. The van der Waals surface area contributed by atoms with E-state index in [-0.39, 0.29) is 5.78 Å². The van der Waals surface area contributed by atoms with E-state index >= 15 is 0 Å². The molecule has 3 heteroatoms. The molecule has 0 radical (unpaired) electrons. The number of ketones is 1. The number of rotatable bonds is 2. The van der Waals surface area contributed by atoms with Gasteiger partial charge in [0.1, 0.15) is 5.75 Å². The van der Waals surface area contributed by atoms with Crippen molar-refractivity contribution in [3.8, 4) is 5.75 Å². The maximum atomic E-state index is 11.8. The van der Waals surface area contributed by atoms with Crippen LogP contribution < -0.4 is 4.74 Å². The first-order valence-corrected chi connectivity index (χ1v) is 6.32. The lowest BCUT2D eigenvalue weighted by Gasteiger charge is -2.11. The van der Waals surface area contributed by atoms with Crippen molar-refractivity contribution in [2.75, 3.05) is 7.11 Å². The first kappa shape index (κ1) is 12.4. The molecule has 0 saturated carbocycles. The number of fused-ring (bicyclic) bond motifs is 1. The average Bonchev–Trinajstić information content (AvgIpc) is 2.51. The van der Waals surface area contributed by atoms with Crippen molar-refractivity contribution in [1.29, 1.82) is 0 Å². The van der Waals surface area contributed by atoms with Gasteiger partial charge in [0.25, 0.3) is 0 Å². The van der Waals surface area contributed by atoms with E-state index in [2.05, 4.69) is 4.99 Å². The van der Waals surface area contributed by atoms with Crippen LogP contribution in [0.4, 0.5) is 5.69 Å². The molecule has 0 saturated heterocycles. The van der Waals surface area contributed by atoms with E-state index < -0.39 is 0 Å². The lowest BCUT2D eigenvalue weighted by Crippen LogP contribution is -2.11. The number of carbonyl (C=O) groups excluding carboxylic acids is 1. The maximum Gasteiger partial charge on any atom is 0.186 e. The molecule has 2 aromatic rings. The molecule has 2 aromatic carbocycles. The summed E-state index contributed by atoms with van der Waals surface area (Å²) >= 11 is 0. The Morgan fingerprint density at radius 1 is 0.900 bits per heavy atom. The van der Waals surface area contributed by atoms with Gasteiger partial charge in [0.15, 0.2) is 5.78 Å². The third-order valence-corrected chi connectivity index (χ3v) is 3.18. The molecule has 0 fully saturated rings. The standard InChI is InChI=1S/C17H13NO2/c1-20-13-8-6-12(7-9-13)18-16-10-11-17(19)15-5-3-2-4-14(15)16/h2-11H,1H3. The predicted molar refractivity (Wildman–Crippen MR) is 79.1 cm³/mol. The maximum absolute atomic E-state index is 11.8. The Kier molecular flexibility index (Phi) is 3.17. The minimum atomic E-state index is 0.0225. The minimum Gasteiger partial charge on any atom is -0.497 e. The van der Waals surface area contributed by atoms with Crippen molar-refractivity contribution in [2.24, 2.45) is 4.99 Å².